The van der Waals surface area contributed by atoms with Crippen molar-refractivity contribution in [1.29, 1.82) is 0 Å². The minimum absolute atomic E-state index is 0.0649. The second-order valence-electron chi connectivity index (χ2n) is 4.17. The van der Waals surface area contributed by atoms with E-state index in [1.807, 2.05) is 24.3 Å². The van der Waals surface area contributed by atoms with Gasteiger partial charge >= 0.3 is 0 Å². The van der Waals surface area contributed by atoms with E-state index < -0.39 is 5.91 Å². The SMILES string of the molecule is CON=C(C(=O)n1c(=S)sc2ccccc21)c1csc(N)n1. The van der Waals surface area contributed by atoms with Crippen molar-refractivity contribution < 1.29 is 9.63 Å². The van der Waals surface area contributed by atoms with Crippen LogP contribution in [-0.4, -0.2) is 28.3 Å². The van der Waals surface area contributed by atoms with Crippen LogP contribution in [0.4, 0.5) is 5.13 Å². The third kappa shape index (κ3) is 2.54. The van der Waals surface area contributed by atoms with Crippen molar-refractivity contribution in [1.82, 2.24) is 9.55 Å². The zero-order valence-electron chi connectivity index (χ0n) is 11.3. The van der Waals surface area contributed by atoms with Crippen molar-refractivity contribution in [2.24, 2.45) is 5.16 Å². The Morgan fingerprint density at radius 3 is 2.91 bits per heavy atom. The average molecular weight is 350 g/mol. The van der Waals surface area contributed by atoms with Gasteiger partial charge in [-0.25, -0.2) is 4.98 Å². The van der Waals surface area contributed by atoms with E-state index in [-0.39, 0.29) is 5.71 Å². The molecule has 2 N–H and O–H groups in total. The zero-order chi connectivity index (χ0) is 15.7. The first-order valence-corrected chi connectivity index (χ1v) is 8.20. The van der Waals surface area contributed by atoms with E-state index in [2.05, 4.69) is 10.1 Å². The molecule has 0 bridgehead atoms. The normalized spacial score (nSPS) is 11.8. The maximum absolute atomic E-state index is 12.9. The van der Waals surface area contributed by atoms with Gasteiger partial charge in [0.1, 0.15) is 12.8 Å². The predicted octanol–water partition coefficient (Wildman–Crippen LogP) is 3.16. The number of thiazole rings is 2. The topological polar surface area (TPSA) is 82.5 Å². The number of benzene rings is 1. The van der Waals surface area contributed by atoms with Crippen LogP contribution in [0, 0.1) is 3.95 Å². The quantitative estimate of drug-likeness (QED) is 0.446. The second-order valence-corrected chi connectivity index (χ2v) is 6.74. The minimum Gasteiger partial charge on any atom is -0.398 e. The Bertz CT molecular complexity index is 938. The number of aromatic nitrogens is 2. The van der Waals surface area contributed by atoms with Crippen molar-refractivity contribution in [3.8, 4) is 0 Å². The summed E-state index contributed by atoms with van der Waals surface area (Å²) in [5.41, 5.74) is 6.79. The molecular weight excluding hydrogens is 340 g/mol. The van der Waals surface area contributed by atoms with Gasteiger partial charge in [0.2, 0.25) is 0 Å². The number of hydrogen-bond acceptors (Lipinski definition) is 8. The zero-order valence-corrected chi connectivity index (χ0v) is 13.8. The lowest BCUT2D eigenvalue weighted by atomic mass is 10.2. The second kappa shape index (κ2) is 5.95. The number of carbonyl (C=O) groups is 1. The van der Waals surface area contributed by atoms with E-state index in [9.17, 15) is 4.79 Å². The summed E-state index contributed by atoms with van der Waals surface area (Å²) in [4.78, 5) is 21.7. The number of carbonyl (C=O) groups excluding carboxylic acids is 1. The Labute approximate surface area is 138 Å². The van der Waals surface area contributed by atoms with Gasteiger partial charge in [-0.1, -0.05) is 17.3 Å². The van der Waals surface area contributed by atoms with Gasteiger partial charge in [0.25, 0.3) is 5.91 Å². The smallest absolute Gasteiger partial charge is 0.288 e. The van der Waals surface area contributed by atoms with E-state index >= 15 is 0 Å². The number of para-hydroxylation sites is 1. The summed E-state index contributed by atoms with van der Waals surface area (Å²) in [6.07, 6.45) is 0. The van der Waals surface area contributed by atoms with Crippen molar-refractivity contribution in [3.05, 3.63) is 39.3 Å². The maximum Gasteiger partial charge on any atom is 0.288 e. The highest BCUT2D eigenvalue weighted by molar-refractivity contribution is 7.73. The Morgan fingerprint density at radius 2 is 2.23 bits per heavy atom. The molecule has 2 aromatic heterocycles. The number of rotatable bonds is 3. The highest BCUT2D eigenvalue weighted by Crippen LogP contribution is 2.23. The summed E-state index contributed by atoms with van der Waals surface area (Å²) in [6, 6.07) is 7.49. The third-order valence-electron chi connectivity index (χ3n) is 2.84. The summed E-state index contributed by atoms with van der Waals surface area (Å²) < 4.78 is 2.80. The Balaban J connectivity index is 2.16. The highest BCUT2D eigenvalue weighted by atomic mass is 32.1. The third-order valence-corrected chi connectivity index (χ3v) is 4.87. The first kappa shape index (κ1) is 14.8. The van der Waals surface area contributed by atoms with Gasteiger partial charge in [-0.3, -0.25) is 9.36 Å². The molecule has 0 aliphatic rings. The fourth-order valence-corrected chi connectivity index (χ4v) is 3.82. The van der Waals surface area contributed by atoms with E-state index in [0.29, 0.717) is 14.8 Å². The van der Waals surface area contributed by atoms with Crippen LogP contribution < -0.4 is 5.73 Å². The van der Waals surface area contributed by atoms with E-state index in [0.717, 1.165) is 10.2 Å². The van der Waals surface area contributed by atoms with Crippen LogP contribution >= 0.6 is 34.9 Å². The lowest BCUT2D eigenvalue weighted by Gasteiger charge is -2.04. The van der Waals surface area contributed by atoms with Crippen LogP contribution in [0.5, 0.6) is 0 Å². The molecule has 0 saturated heterocycles. The molecule has 6 nitrogen and oxygen atoms in total. The first-order valence-electron chi connectivity index (χ1n) is 6.09. The summed E-state index contributed by atoms with van der Waals surface area (Å²) >= 11 is 7.90. The van der Waals surface area contributed by atoms with Crippen LogP contribution in [-0.2, 0) is 4.84 Å². The largest absolute Gasteiger partial charge is 0.398 e. The minimum atomic E-state index is -0.394. The fourth-order valence-electron chi connectivity index (χ4n) is 1.95. The van der Waals surface area contributed by atoms with Crippen LogP contribution in [0.25, 0.3) is 10.2 Å². The fraction of sp³-hybridized carbons (Fsp3) is 0.0769. The molecule has 0 spiro atoms. The number of fused-ring (bicyclic) bond motifs is 1. The molecule has 0 atom stereocenters. The van der Waals surface area contributed by atoms with Gasteiger partial charge in [-0.15, -0.1) is 22.7 Å². The molecule has 0 saturated carbocycles. The molecular formula is C13H10N4O2S3. The van der Waals surface area contributed by atoms with Gasteiger partial charge in [-0.05, 0) is 24.4 Å². The number of nitrogens with zero attached hydrogens (tertiary/aromatic N) is 3. The summed E-state index contributed by atoms with van der Waals surface area (Å²) in [7, 11) is 1.37. The standard InChI is InChI=1S/C13H10N4O2S3/c1-19-16-10(7-6-21-12(14)15-7)11(18)17-8-4-2-3-5-9(8)22-13(17)20/h2-6H,1H3,(H2,14,15). The number of hydrogen-bond donors (Lipinski definition) is 1. The maximum atomic E-state index is 12.9. The molecule has 0 aliphatic carbocycles. The van der Waals surface area contributed by atoms with Crippen LogP contribution in [0.1, 0.15) is 10.5 Å². The van der Waals surface area contributed by atoms with Crippen molar-refractivity contribution in [3.63, 3.8) is 0 Å². The van der Waals surface area contributed by atoms with Gasteiger partial charge in [0.05, 0.1) is 10.2 Å². The predicted molar refractivity (Wildman–Crippen MR) is 91.3 cm³/mol. The molecule has 22 heavy (non-hydrogen) atoms. The molecule has 112 valence electrons. The molecule has 0 radical (unpaired) electrons. The molecule has 3 aromatic rings. The molecule has 3 rings (SSSR count). The lowest BCUT2D eigenvalue weighted by molar-refractivity contribution is 0.0987. The highest BCUT2D eigenvalue weighted by Gasteiger charge is 2.22. The molecule has 2 heterocycles. The van der Waals surface area contributed by atoms with Crippen molar-refractivity contribution >= 4 is 61.9 Å². The van der Waals surface area contributed by atoms with E-state index in [1.165, 1.54) is 34.4 Å². The van der Waals surface area contributed by atoms with Gasteiger partial charge < -0.3 is 10.6 Å². The van der Waals surface area contributed by atoms with E-state index in [4.69, 9.17) is 22.8 Å². The Morgan fingerprint density at radius 1 is 1.45 bits per heavy atom. The number of oxime groups is 1. The number of nitrogens with two attached hydrogens (primary N) is 1. The molecule has 0 unspecified atom stereocenters. The number of nitrogen functional groups attached to an aromatic ring is 1. The number of anilines is 1. The first-order chi connectivity index (χ1) is 10.6. The van der Waals surface area contributed by atoms with Crippen LogP contribution in [0.3, 0.4) is 0 Å². The average Bonchev–Trinajstić information content (AvgIpc) is 3.06. The van der Waals surface area contributed by atoms with Gasteiger partial charge in [0, 0.05) is 5.38 Å². The van der Waals surface area contributed by atoms with Crippen LogP contribution in [0.15, 0.2) is 34.8 Å². The van der Waals surface area contributed by atoms with Crippen molar-refractivity contribution in [2.75, 3.05) is 12.8 Å². The summed E-state index contributed by atoms with van der Waals surface area (Å²) in [5.74, 6) is -0.394. The lowest BCUT2D eigenvalue weighted by Crippen LogP contribution is -2.23. The Kier molecular flexibility index (Phi) is 4.01. The van der Waals surface area contributed by atoms with Gasteiger partial charge in [-0.2, -0.15) is 0 Å². The summed E-state index contributed by atoms with van der Waals surface area (Å²) in [5, 5.41) is 5.81. The molecule has 1 aromatic carbocycles. The van der Waals surface area contributed by atoms with E-state index in [1.54, 1.807) is 5.38 Å². The van der Waals surface area contributed by atoms with Gasteiger partial charge in [0.15, 0.2) is 14.8 Å². The van der Waals surface area contributed by atoms with Crippen LogP contribution in [0.2, 0.25) is 0 Å². The molecule has 0 aliphatic heterocycles. The molecule has 9 heteroatoms. The molecule has 0 amide bonds. The Hall–Kier alpha value is -2.10. The molecule has 0 fully saturated rings. The summed E-state index contributed by atoms with van der Waals surface area (Å²) in [6.45, 7) is 0. The van der Waals surface area contributed by atoms with Crippen molar-refractivity contribution in [2.45, 2.75) is 0 Å². The monoisotopic (exact) mass is 350 g/mol.